The number of nitro groups is 1. The van der Waals surface area contributed by atoms with E-state index in [2.05, 4.69) is 0 Å². The smallest absolute Gasteiger partial charge is 0.336 e. The molecule has 0 fully saturated rings. The van der Waals surface area contributed by atoms with Crippen LogP contribution in [0.1, 0.15) is 15.9 Å². The summed E-state index contributed by atoms with van der Waals surface area (Å²) in [6.45, 7) is 0.00000425. The minimum absolute atomic E-state index is 0.00000425. The second kappa shape index (κ2) is 6.23. The number of rotatable bonds is 5. The average molecular weight is 308 g/mol. The molecule has 108 valence electrons. The monoisotopic (exact) mass is 307 g/mol. The fourth-order valence-electron chi connectivity index (χ4n) is 1.73. The largest absolute Gasteiger partial charge is 0.487 e. The van der Waals surface area contributed by atoms with Crippen molar-refractivity contribution in [2.75, 3.05) is 0 Å². The second-order valence-electron chi connectivity index (χ2n) is 4.12. The summed E-state index contributed by atoms with van der Waals surface area (Å²) in [5, 5.41) is 19.8. The van der Waals surface area contributed by atoms with Gasteiger partial charge in [-0.15, -0.1) is 0 Å². The first kappa shape index (κ1) is 14.8. The van der Waals surface area contributed by atoms with Crippen molar-refractivity contribution >= 4 is 23.3 Å². The lowest BCUT2D eigenvalue weighted by Crippen LogP contribution is -2.05. The molecule has 0 bridgehead atoms. The second-order valence-corrected chi connectivity index (χ2v) is 4.53. The van der Waals surface area contributed by atoms with Crippen LogP contribution >= 0.6 is 11.6 Å². The van der Waals surface area contributed by atoms with Gasteiger partial charge in [-0.2, -0.15) is 0 Å². The molecule has 0 unspecified atom stereocenters. The molecule has 1 N–H and O–H groups in total. The van der Waals surface area contributed by atoms with Crippen molar-refractivity contribution in [2.24, 2.45) is 0 Å². The van der Waals surface area contributed by atoms with Gasteiger partial charge >= 0.3 is 5.97 Å². The summed E-state index contributed by atoms with van der Waals surface area (Å²) in [6.07, 6.45) is 0. The van der Waals surface area contributed by atoms with Crippen LogP contribution in [0, 0.1) is 10.1 Å². The van der Waals surface area contributed by atoms with Crippen LogP contribution in [0.25, 0.3) is 0 Å². The molecule has 0 aromatic heterocycles. The van der Waals surface area contributed by atoms with Crippen LogP contribution in [-0.4, -0.2) is 16.0 Å². The zero-order valence-corrected chi connectivity index (χ0v) is 11.4. The zero-order valence-electron chi connectivity index (χ0n) is 10.7. The standard InChI is InChI=1S/C14H10ClNO5/c15-12-7-10(16(19)20)5-6-13(12)21-8-9-3-1-2-4-11(9)14(17)18/h1-7H,8H2,(H,17,18). The van der Waals surface area contributed by atoms with Gasteiger partial charge in [-0.1, -0.05) is 29.8 Å². The molecule has 0 saturated heterocycles. The maximum Gasteiger partial charge on any atom is 0.336 e. The fourth-order valence-corrected chi connectivity index (χ4v) is 1.96. The molecule has 0 atom stereocenters. The third-order valence-corrected chi connectivity index (χ3v) is 3.05. The lowest BCUT2D eigenvalue weighted by Gasteiger charge is -2.09. The molecule has 6 nitrogen and oxygen atoms in total. The zero-order chi connectivity index (χ0) is 15.4. The Morgan fingerprint density at radius 2 is 2.00 bits per heavy atom. The maximum absolute atomic E-state index is 11.1. The van der Waals surface area contributed by atoms with E-state index in [1.807, 2.05) is 0 Å². The number of carbonyl (C=O) groups is 1. The third kappa shape index (κ3) is 3.49. The topological polar surface area (TPSA) is 89.7 Å². The van der Waals surface area contributed by atoms with Gasteiger partial charge in [0.15, 0.2) is 0 Å². The molecule has 2 aromatic carbocycles. The summed E-state index contributed by atoms with van der Waals surface area (Å²) in [4.78, 5) is 21.1. The van der Waals surface area contributed by atoms with Crippen molar-refractivity contribution in [3.05, 3.63) is 68.7 Å². The minimum Gasteiger partial charge on any atom is -0.487 e. The van der Waals surface area contributed by atoms with E-state index >= 15 is 0 Å². The molecule has 0 amide bonds. The van der Waals surface area contributed by atoms with Gasteiger partial charge in [0.2, 0.25) is 0 Å². The number of carboxylic acids is 1. The summed E-state index contributed by atoms with van der Waals surface area (Å²) >= 11 is 5.90. The minimum atomic E-state index is -1.05. The van der Waals surface area contributed by atoms with Gasteiger partial charge in [0.25, 0.3) is 5.69 Å². The molecule has 0 heterocycles. The van der Waals surface area contributed by atoms with Crippen LogP contribution < -0.4 is 4.74 Å². The van der Waals surface area contributed by atoms with Crippen LogP contribution in [0.3, 0.4) is 0 Å². The van der Waals surface area contributed by atoms with E-state index < -0.39 is 10.9 Å². The van der Waals surface area contributed by atoms with Crippen molar-refractivity contribution < 1.29 is 19.6 Å². The molecule has 7 heteroatoms. The Kier molecular flexibility index (Phi) is 4.39. The number of nitrogens with zero attached hydrogens (tertiary/aromatic N) is 1. The van der Waals surface area contributed by atoms with E-state index in [0.717, 1.165) is 0 Å². The normalized spacial score (nSPS) is 10.1. The number of ether oxygens (including phenoxy) is 1. The van der Waals surface area contributed by atoms with Crippen molar-refractivity contribution in [1.29, 1.82) is 0 Å². The van der Waals surface area contributed by atoms with E-state index in [1.54, 1.807) is 18.2 Å². The number of hydrogen-bond acceptors (Lipinski definition) is 4. The Labute approximate surface area is 124 Å². The average Bonchev–Trinajstić information content (AvgIpc) is 2.46. The summed E-state index contributed by atoms with van der Waals surface area (Å²) in [6, 6.07) is 10.2. The molecule has 2 aromatic rings. The van der Waals surface area contributed by atoms with Gasteiger partial charge in [-0.25, -0.2) is 4.79 Å². The molecule has 2 rings (SSSR count). The van der Waals surface area contributed by atoms with Crippen LogP contribution in [0.5, 0.6) is 5.75 Å². The Hall–Kier alpha value is -2.60. The van der Waals surface area contributed by atoms with E-state index in [9.17, 15) is 14.9 Å². The Bertz CT molecular complexity index is 702. The molecule has 0 saturated carbocycles. The van der Waals surface area contributed by atoms with E-state index in [0.29, 0.717) is 5.56 Å². The first-order valence-corrected chi connectivity index (χ1v) is 6.25. The first-order valence-electron chi connectivity index (χ1n) is 5.87. The number of nitro benzene ring substituents is 1. The lowest BCUT2D eigenvalue weighted by molar-refractivity contribution is -0.384. The first-order chi connectivity index (χ1) is 9.99. The molecule has 0 spiro atoms. The molecule has 0 radical (unpaired) electrons. The summed E-state index contributed by atoms with van der Waals surface area (Å²) < 4.78 is 5.43. The van der Waals surface area contributed by atoms with Gasteiger partial charge in [0.05, 0.1) is 15.5 Å². The van der Waals surface area contributed by atoms with Crippen molar-refractivity contribution in [3.63, 3.8) is 0 Å². The quantitative estimate of drug-likeness (QED) is 0.674. The lowest BCUT2D eigenvalue weighted by atomic mass is 10.1. The van der Waals surface area contributed by atoms with Gasteiger partial charge in [-0.05, 0) is 12.1 Å². The van der Waals surface area contributed by atoms with Crippen molar-refractivity contribution in [1.82, 2.24) is 0 Å². The Balaban J connectivity index is 2.17. The third-order valence-electron chi connectivity index (χ3n) is 2.76. The molecule has 0 aliphatic heterocycles. The van der Waals surface area contributed by atoms with Gasteiger partial charge in [0.1, 0.15) is 12.4 Å². The van der Waals surface area contributed by atoms with Gasteiger partial charge < -0.3 is 9.84 Å². The molecule has 0 aliphatic carbocycles. The highest BCUT2D eigenvalue weighted by molar-refractivity contribution is 6.32. The van der Waals surface area contributed by atoms with E-state index in [4.69, 9.17) is 21.4 Å². The predicted molar refractivity (Wildman–Crippen MR) is 75.8 cm³/mol. The highest BCUT2D eigenvalue weighted by Crippen LogP contribution is 2.29. The van der Waals surface area contributed by atoms with Gasteiger partial charge in [0, 0.05) is 17.7 Å². The SMILES string of the molecule is O=C(O)c1ccccc1COc1ccc([N+](=O)[O-])cc1Cl. The Morgan fingerprint density at radius 1 is 1.29 bits per heavy atom. The van der Waals surface area contributed by atoms with Crippen LogP contribution in [-0.2, 0) is 6.61 Å². The number of aromatic carboxylic acids is 1. The van der Waals surface area contributed by atoms with Crippen LogP contribution in [0.2, 0.25) is 5.02 Å². The number of non-ortho nitro benzene ring substituents is 1. The fraction of sp³-hybridized carbons (Fsp3) is 0.0714. The summed E-state index contributed by atoms with van der Waals surface area (Å²) in [5.74, 6) is -0.800. The number of halogens is 1. The summed E-state index contributed by atoms with van der Waals surface area (Å²) in [7, 11) is 0. The molecule has 0 aliphatic rings. The molecule has 21 heavy (non-hydrogen) atoms. The maximum atomic E-state index is 11.1. The highest BCUT2D eigenvalue weighted by Gasteiger charge is 2.12. The molecular formula is C14H10ClNO5. The van der Waals surface area contributed by atoms with Gasteiger partial charge in [-0.3, -0.25) is 10.1 Å². The molecular weight excluding hydrogens is 298 g/mol. The van der Waals surface area contributed by atoms with Crippen molar-refractivity contribution in [3.8, 4) is 5.75 Å². The van der Waals surface area contributed by atoms with Crippen LogP contribution in [0.4, 0.5) is 5.69 Å². The highest BCUT2D eigenvalue weighted by atomic mass is 35.5. The number of carboxylic acid groups (broad SMARTS) is 1. The number of hydrogen-bond donors (Lipinski definition) is 1. The van der Waals surface area contributed by atoms with Crippen LogP contribution in [0.15, 0.2) is 42.5 Å². The van der Waals surface area contributed by atoms with E-state index in [1.165, 1.54) is 24.3 Å². The van der Waals surface area contributed by atoms with E-state index in [-0.39, 0.29) is 28.6 Å². The predicted octanol–water partition coefficient (Wildman–Crippen LogP) is 3.53. The Morgan fingerprint density at radius 3 is 2.62 bits per heavy atom. The van der Waals surface area contributed by atoms with Crippen molar-refractivity contribution in [2.45, 2.75) is 6.61 Å². The summed E-state index contributed by atoms with van der Waals surface area (Å²) in [5.41, 5.74) is 0.480. The number of benzene rings is 2.